The van der Waals surface area contributed by atoms with Gasteiger partial charge in [-0.1, -0.05) is 37.6 Å². The number of hydrogen-bond acceptors (Lipinski definition) is 10. The van der Waals surface area contributed by atoms with Crippen molar-refractivity contribution in [3.05, 3.63) is 64.7 Å². The van der Waals surface area contributed by atoms with E-state index in [0.717, 1.165) is 18.4 Å². The monoisotopic (exact) mass is 641 g/mol. The molecule has 1 aromatic heterocycles. The van der Waals surface area contributed by atoms with E-state index in [0.29, 0.717) is 23.8 Å². The highest BCUT2D eigenvalue weighted by molar-refractivity contribution is 7.90. The summed E-state index contributed by atoms with van der Waals surface area (Å²) < 4.78 is 70.1. The SMILES string of the molecule is CCN(CC)CCS(=O)(=O)NC(=O)c1ccc(Nc2nc(NC3(c4ccc(Cl)cc4)CC3)nc(OCC(F)(F)F)n2)cc1. The lowest BCUT2D eigenvalue weighted by Crippen LogP contribution is -2.37. The van der Waals surface area contributed by atoms with Gasteiger partial charge in [-0.2, -0.15) is 28.1 Å². The number of ether oxygens (including phenoxy) is 1. The smallest absolute Gasteiger partial charge is 0.422 e. The summed E-state index contributed by atoms with van der Waals surface area (Å²) in [5.41, 5.74) is 0.848. The van der Waals surface area contributed by atoms with Crippen LogP contribution in [0.1, 0.15) is 42.6 Å². The number of nitrogens with one attached hydrogen (secondary N) is 3. The molecule has 3 N–H and O–H groups in total. The van der Waals surface area contributed by atoms with Gasteiger partial charge in [0.1, 0.15) is 0 Å². The number of aromatic nitrogens is 3. The van der Waals surface area contributed by atoms with Crippen LogP contribution in [0.15, 0.2) is 48.5 Å². The molecule has 0 spiro atoms. The minimum absolute atomic E-state index is 0.00644. The summed E-state index contributed by atoms with van der Waals surface area (Å²) in [6, 6.07) is 12.3. The van der Waals surface area contributed by atoms with Gasteiger partial charge in [-0.3, -0.25) is 4.79 Å². The van der Waals surface area contributed by atoms with E-state index in [9.17, 15) is 26.4 Å². The van der Waals surface area contributed by atoms with E-state index in [1.165, 1.54) is 24.3 Å². The third kappa shape index (κ3) is 9.40. The van der Waals surface area contributed by atoms with Gasteiger partial charge in [-0.05, 0) is 67.9 Å². The zero-order valence-corrected chi connectivity index (χ0v) is 25.0. The summed E-state index contributed by atoms with van der Waals surface area (Å²) in [6.07, 6.45) is -3.14. The molecule has 1 heterocycles. The number of carbonyl (C=O) groups is 1. The van der Waals surface area contributed by atoms with Gasteiger partial charge in [0, 0.05) is 22.8 Å². The zero-order chi connectivity index (χ0) is 31.3. The fourth-order valence-electron chi connectivity index (χ4n) is 4.15. The van der Waals surface area contributed by atoms with E-state index in [1.807, 2.05) is 30.9 Å². The number of anilines is 3. The molecule has 11 nitrogen and oxygen atoms in total. The molecule has 3 aromatic rings. The van der Waals surface area contributed by atoms with Crippen molar-refractivity contribution in [1.82, 2.24) is 24.6 Å². The van der Waals surface area contributed by atoms with Crippen molar-refractivity contribution in [1.29, 1.82) is 0 Å². The first-order valence-electron chi connectivity index (χ1n) is 13.4. The second kappa shape index (κ2) is 13.3. The first-order chi connectivity index (χ1) is 20.3. The van der Waals surface area contributed by atoms with E-state index in [2.05, 4.69) is 30.3 Å². The Hall–Kier alpha value is -3.69. The number of nitrogens with zero attached hydrogens (tertiary/aromatic N) is 4. The van der Waals surface area contributed by atoms with Gasteiger partial charge in [0.15, 0.2) is 6.61 Å². The van der Waals surface area contributed by atoms with Crippen molar-refractivity contribution in [2.45, 2.75) is 38.4 Å². The van der Waals surface area contributed by atoms with Crippen LogP contribution in [-0.4, -0.2) is 72.3 Å². The minimum Gasteiger partial charge on any atom is -0.454 e. The van der Waals surface area contributed by atoms with Crippen LogP contribution in [0.25, 0.3) is 0 Å². The van der Waals surface area contributed by atoms with Crippen LogP contribution >= 0.6 is 11.6 Å². The maximum absolute atomic E-state index is 12.8. The summed E-state index contributed by atoms with van der Waals surface area (Å²) in [5, 5.41) is 6.60. The van der Waals surface area contributed by atoms with E-state index in [1.54, 1.807) is 12.1 Å². The van der Waals surface area contributed by atoms with Crippen LogP contribution in [-0.2, 0) is 15.6 Å². The van der Waals surface area contributed by atoms with Crippen LogP contribution in [0.5, 0.6) is 6.01 Å². The van der Waals surface area contributed by atoms with Crippen LogP contribution in [0, 0.1) is 0 Å². The maximum atomic E-state index is 12.8. The summed E-state index contributed by atoms with van der Waals surface area (Å²) in [5.74, 6) is -1.14. The molecule has 0 radical (unpaired) electrons. The molecule has 0 bridgehead atoms. The lowest BCUT2D eigenvalue weighted by molar-refractivity contribution is -0.154. The number of benzene rings is 2. The van der Waals surface area contributed by atoms with Crippen LogP contribution in [0.4, 0.5) is 30.8 Å². The van der Waals surface area contributed by atoms with Crippen molar-refractivity contribution < 1.29 is 31.1 Å². The van der Waals surface area contributed by atoms with Gasteiger partial charge in [0.05, 0.1) is 11.3 Å². The summed E-state index contributed by atoms with van der Waals surface area (Å²) in [7, 11) is -3.85. The first kappa shape index (κ1) is 32.2. The Morgan fingerprint density at radius 2 is 1.63 bits per heavy atom. The van der Waals surface area contributed by atoms with Crippen molar-refractivity contribution in [2.24, 2.45) is 0 Å². The average Bonchev–Trinajstić information content (AvgIpc) is 3.73. The van der Waals surface area contributed by atoms with Gasteiger partial charge in [-0.15, -0.1) is 0 Å². The lowest BCUT2D eigenvalue weighted by Gasteiger charge is -2.19. The maximum Gasteiger partial charge on any atom is 0.422 e. The topological polar surface area (TPSA) is 138 Å². The summed E-state index contributed by atoms with van der Waals surface area (Å²) in [6.45, 7) is 3.90. The quantitative estimate of drug-likeness (QED) is 0.227. The molecule has 0 unspecified atom stereocenters. The Kier molecular flexibility index (Phi) is 9.97. The predicted octanol–water partition coefficient (Wildman–Crippen LogP) is 4.71. The molecule has 43 heavy (non-hydrogen) atoms. The Balaban J connectivity index is 1.48. The van der Waals surface area contributed by atoms with Gasteiger partial charge < -0.3 is 20.3 Å². The third-order valence-corrected chi connectivity index (χ3v) is 8.17. The summed E-state index contributed by atoms with van der Waals surface area (Å²) in [4.78, 5) is 26.7. The second-order valence-electron chi connectivity index (χ2n) is 9.86. The molecule has 232 valence electrons. The Labute approximate surface area is 252 Å². The molecule has 2 aromatic carbocycles. The molecule has 1 fully saturated rings. The molecule has 4 rings (SSSR count). The minimum atomic E-state index is -4.61. The first-order valence-corrected chi connectivity index (χ1v) is 15.5. The fraction of sp³-hybridized carbons (Fsp3) is 0.407. The number of amides is 1. The van der Waals surface area contributed by atoms with E-state index in [4.69, 9.17) is 16.3 Å². The molecule has 1 aliphatic rings. The Morgan fingerprint density at radius 3 is 2.21 bits per heavy atom. The normalized spacial score (nSPS) is 14.3. The number of halogens is 4. The van der Waals surface area contributed by atoms with E-state index < -0.39 is 40.3 Å². The Bertz CT molecular complexity index is 1520. The number of alkyl halides is 3. The van der Waals surface area contributed by atoms with Crippen molar-refractivity contribution >= 4 is 45.1 Å². The van der Waals surface area contributed by atoms with E-state index in [-0.39, 0.29) is 29.8 Å². The fourth-order valence-corrected chi connectivity index (χ4v) is 5.27. The average molecular weight is 642 g/mol. The molecule has 0 aliphatic heterocycles. The number of sulfonamides is 1. The van der Waals surface area contributed by atoms with Gasteiger partial charge in [-0.25, -0.2) is 13.1 Å². The molecule has 0 atom stereocenters. The van der Waals surface area contributed by atoms with Crippen LogP contribution < -0.4 is 20.1 Å². The van der Waals surface area contributed by atoms with Crippen molar-refractivity contribution in [3.63, 3.8) is 0 Å². The summed E-state index contributed by atoms with van der Waals surface area (Å²) >= 11 is 6.00. The number of rotatable bonds is 14. The van der Waals surface area contributed by atoms with Gasteiger partial charge in [0.25, 0.3) is 5.91 Å². The number of hydrogen-bond donors (Lipinski definition) is 3. The lowest BCUT2D eigenvalue weighted by atomic mass is 10.1. The highest BCUT2D eigenvalue weighted by atomic mass is 35.5. The standard InChI is InChI=1S/C27H31ClF3N7O4S/c1-3-38(4-2)15-16-43(40,41)37-22(39)18-5-11-21(12-6-18)32-23-33-24(35-25(34-23)42-17-27(29,30)31)36-26(13-14-26)19-7-9-20(28)10-8-19/h5-12H,3-4,13-17H2,1-2H3,(H,37,39)(H2,32,33,34,35,36). The zero-order valence-electron chi connectivity index (χ0n) is 23.4. The van der Waals surface area contributed by atoms with Crippen LogP contribution in [0.3, 0.4) is 0 Å². The number of carbonyl (C=O) groups excluding carboxylic acids is 1. The van der Waals surface area contributed by atoms with Gasteiger partial charge >= 0.3 is 12.2 Å². The van der Waals surface area contributed by atoms with Crippen molar-refractivity contribution in [3.8, 4) is 6.01 Å². The van der Waals surface area contributed by atoms with E-state index >= 15 is 0 Å². The Morgan fingerprint density at radius 1 is 1.00 bits per heavy atom. The molecule has 16 heteroatoms. The largest absolute Gasteiger partial charge is 0.454 e. The molecule has 1 saturated carbocycles. The van der Waals surface area contributed by atoms with Gasteiger partial charge in [0.2, 0.25) is 21.9 Å². The molecule has 0 saturated heterocycles. The molecular formula is C27H31ClF3N7O4S. The van der Waals surface area contributed by atoms with Crippen LogP contribution in [0.2, 0.25) is 5.02 Å². The predicted molar refractivity (Wildman–Crippen MR) is 156 cm³/mol. The third-order valence-electron chi connectivity index (χ3n) is 6.70. The molecule has 1 aliphatic carbocycles. The highest BCUT2D eigenvalue weighted by Crippen LogP contribution is 2.48. The second-order valence-corrected chi connectivity index (χ2v) is 12.1. The van der Waals surface area contributed by atoms with Crippen molar-refractivity contribution in [2.75, 3.05) is 42.6 Å². The highest BCUT2D eigenvalue weighted by Gasteiger charge is 2.45. The molecule has 1 amide bonds. The molecular weight excluding hydrogens is 611 g/mol.